The molecule has 2 aromatic carbocycles. The zero-order valence-corrected chi connectivity index (χ0v) is 13.4. The van der Waals surface area contributed by atoms with Crippen LogP contribution in [0.5, 0.6) is 5.88 Å². The van der Waals surface area contributed by atoms with E-state index in [1.165, 1.54) is 0 Å². The molecule has 23 heavy (non-hydrogen) atoms. The third-order valence-corrected chi connectivity index (χ3v) is 3.68. The molecule has 1 aromatic heterocycles. The Kier molecular flexibility index (Phi) is 4.34. The van der Waals surface area contributed by atoms with E-state index in [0.29, 0.717) is 12.2 Å². The van der Waals surface area contributed by atoms with Crippen LogP contribution in [0.25, 0.3) is 10.9 Å². The lowest BCUT2D eigenvalue weighted by Crippen LogP contribution is -2.04. The summed E-state index contributed by atoms with van der Waals surface area (Å²) in [5.74, 6) is 0.0972. The minimum absolute atomic E-state index is 0.0972. The molecule has 0 saturated heterocycles. The molecule has 0 amide bonds. The van der Waals surface area contributed by atoms with Gasteiger partial charge in [-0.3, -0.25) is 0 Å². The summed E-state index contributed by atoms with van der Waals surface area (Å²) in [6.45, 7) is 2.61. The van der Waals surface area contributed by atoms with Crippen LogP contribution in [0.4, 0.5) is 11.4 Å². The molecule has 0 fully saturated rings. The number of aromatic hydroxyl groups is 1. The molecule has 0 unspecified atom stereocenters. The summed E-state index contributed by atoms with van der Waals surface area (Å²) < 4.78 is 1.79. The maximum absolute atomic E-state index is 10.4. The van der Waals surface area contributed by atoms with Crippen LogP contribution in [-0.4, -0.2) is 14.8 Å². The van der Waals surface area contributed by atoms with Crippen LogP contribution in [0, 0.1) is 0 Å². The van der Waals surface area contributed by atoms with Crippen molar-refractivity contribution in [2.24, 2.45) is 10.2 Å². The Hall–Kier alpha value is -2.73. The predicted molar refractivity (Wildman–Crippen MR) is 96.5 cm³/mol. The van der Waals surface area contributed by atoms with E-state index in [4.69, 9.17) is 12.2 Å². The van der Waals surface area contributed by atoms with Gasteiger partial charge in [-0.25, -0.2) is 0 Å². The molecule has 116 valence electrons. The zero-order chi connectivity index (χ0) is 16.2. The number of benzene rings is 2. The van der Waals surface area contributed by atoms with Crippen molar-refractivity contribution in [2.75, 3.05) is 5.32 Å². The predicted octanol–water partition coefficient (Wildman–Crippen LogP) is 4.85. The first-order valence-electron chi connectivity index (χ1n) is 7.28. The average Bonchev–Trinajstić information content (AvgIpc) is 2.85. The van der Waals surface area contributed by atoms with Crippen LogP contribution in [0.2, 0.25) is 0 Å². The SMILES string of the molecule is CCn1c(O)c(N=NC(=S)Nc2ccccc2)c2ccccc21. The second-order valence-electron chi connectivity index (χ2n) is 4.93. The van der Waals surface area contributed by atoms with Crippen molar-refractivity contribution in [3.05, 3.63) is 54.6 Å². The van der Waals surface area contributed by atoms with Crippen molar-refractivity contribution in [3.63, 3.8) is 0 Å². The molecule has 5 nitrogen and oxygen atoms in total. The van der Waals surface area contributed by atoms with Crippen molar-refractivity contribution in [3.8, 4) is 5.88 Å². The molecule has 0 aliphatic rings. The van der Waals surface area contributed by atoms with E-state index in [2.05, 4.69) is 15.5 Å². The van der Waals surface area contributed by atoms with E-state index in [1.54, 1.807) is 4.57 Å². The van der Waals surface area contributed by atoms with Gasteiger partial charge in [-0.1, -0.05) is 36.4 Å². The number of rotatable bonds is 3. The average molecular weight is 324 g/mol. The zero-order valence-electron chi connectivity index (χ0n) is 12.6. The fourth-order valence-electron chi connectivity index (χ4n) is 2.46. The number of hydrogen-bond donors (Lipinski definition) is 2. The van der Waals surface area contributed by atoms with E-state index in [9.17, 15) is 5.11 Å². The summed E-state index contributed by atoms with van der Waals surface area (Å²) in [6.07, 6.45) is 0. The molecule has 0 aliphatic carbocycles. The normalized spacial score (nSPS) is 11.2. The Labute approximate surface area is 139 Å². The van der Waals surface area contributed by atoms with Crippen molar-refractivity contribution in [2.45, 2.75) is 13.5 Å². The van der Waals surface area contributed by atoms with Crippen LogP contribution in [0.1, 0.15) is 6.92 Å². The number of nitrogens with zero attached hydrogens (tertiary/aromatic N) is 3. The third-order valence-electron chi connectivity index (χ3n) is 3.50. The second kappa shape index (κ2) is 6.58. The number of hydrogen-bond acceptors (Lipinski definition) is 3. The summed E-state index contributed by atoms with van der Waals surface area (Å²) in [6, 6.07) is 17.2. The number of para-hydroxylation sites is 2. The number of aromatic nitrogens is 1. The lowest BCUT2D eigenvalue weighted by molar-refractivity contribution is 0.427. The fourth-order valence-corrected chi connectivity index (χ4v) is 2.61. The number of aryl methyl sites for hydroxylation is 1. The maximum atomic E-state index is 10.4. The Bertz CT molecular complexity index is 871. The monoisotopic (exact) mass is 324 g/mol. The van der Waals surface area contributed by atoms with Gasteiger partial charge >= 0.3 is 0 Å². The highest BCUT2D eigenvalue weighted by atomic mass is 32.1. The Balaban J connectivity index is 1.89. The van der Waals surface area contributed by atoms with Crippen molar-refractivity contribution in [1.29, 1.82) is 0 Å². The van der Waals surface area contributed by atoms with E-state index in [-0.39, 0.29) is 11.0 Å². The molecule has 0 saturated carbocycles. The molecule has 3 aromatic rings. The van der Waals surface area contributed by atoms with Crippen molar-refractivity contribution in [1.82, 2.24) is 4.57 Å². The molecular formula is C17H16N4OS. The second-order valence-corrected chi connectivity index (χ2v) is 5.32. The van der Waals surface area contributed by atoms with Gasteiger partial charge in [-0.2, -0.15) is 0 Å². The maximum Gasteiger partial charge on any atom is 0.220 e. The summed E-state index contributed by atoms with van der Waals surface area (Å²) >= 11 is 5.18. The largest absolute Gasteiger partial charge is 0.493 e. The minimum Gasteiger partial charge on any atom is -0.493 e. The van der Waals surface area contributed by atoms with Crippen LogP contribution in [0.3, 0.4) is 0 Å². The minimum atomic E-state index is 0.0972. The molecule has 0 atom stereocenters. The van der Waals surface area contributed by atoms with Crippen LogP contribution < -0.4 is 5.32 Å². The number of nitrogens with one attached hydrogen (secondary N) is 1. The molecule has 1 heterocycles. The standard InChI is InChI=1S/C17H16N4OS/c1-2-21-14-11-7-6-10-13(14)15(16(21)22)19-20-17(23)18-12-8-4-3-5-9-12/h3-11,22H,2H2,1H3,(H,18,23). The Morgan fingerprint density at radius 3 is 2.57 bits per heavy atom. The first kappa shape index (κ1) is 15.2. The molecule has 0 spiro atoms. The van der Waals surface area contributed by atoms with E-state index >= 15 is 0 Å². The van der Waals surface area contributed by atoms with Crippen molar-refractivity contribution >= 4 is 39.6 Å². The molecular weight excluding hydrogens is 308 g/mol. The summed E-state index contributed by atoms with van der Waals surface area (Å²) in [5.41, 5.74) is 2.19. The molecule has 2 N–H and O–H groups in total. The van der Waals surface area contributed by atoms with Gasteiger partial charge in [-0.15, -0.1) is 10.2 Å². The summed E-state index contributed by atoms with van der Waals surface area (Å²) in [4.78, 5) is 0. The van der Waals surface area contributed by atoms with Gasteiger partial charge in [-0.05, 0) is 37.3 Å². The van der Waals surface area contributed by atoms with Gasteiger partial charge < -0.3 is 15.0 Å². The number of anilines is 1. The third kappa shape index (κ3) is 3.07. The van der Waals surface area contributed by atoms with Gasteiger partial charge in [0.1, 0.15) is 0 Å². The molecule has 0 bridgehead atoms. The molecule has 0 radical (unpaired) electrons. The van der Waals surface area contributed by atoms with Gasteiger partial charge in [0.2, 0.25) is 11.0 Å². The Morgan fingerprint density at radius 1 is 1.13 bits per heavy atom. The number of azo groups is 1. The van der Waals surface area contributed by atoms with Gasteiger partial charge in [0.15, 0.2) is 5.69 Å². The fraction of sp³-hybridized carbons (Fsp3) is 0.118. The van der Waals surface area contributed by atoms with Gasteiger partial charge in [0, 0.05) is 17.6 Å². The first-order chi connectivity index (χ1) is 11.2. The molecule has 3 rings (SSSR count). The lowest BCUT2D eigenvalue weighted by atomic mass is 10.2. The topological polar surface area (TPSA) is 61.9 Å². The molecule has 0 aliphatic heterocycles. The highest BCUT2D eigenvalue weighted by Crippen LogP contribution is 2.38. The first-order valence-corrected chi connectivity index (χ1v) is 7.69. The van der Waals surface area contributed by atoms with Crippen LogP contribution in [0.15, 0.2) is 64.8 Å². The van der Waals surface area contributed by atoms with Crippen LogP contribution in [-0.2, 0) is 6.54 Å². The highest BCUT2D eigenvalue weighted by Gasteiger charge is 2.15. The number of fused-ring (bicyclic) bond motifs is 1. The van der Waals surface area contributed by atoms with Crippen molar-refractivity contribution < 1.29 is 5.11 Å². The quantitative estimate of drug-likeness (QED) is 0.535. The van der Waals surface area contributed by atoms with Gasteiger partial charge in [0.25, 0.3) is 0 Å². The van der Waals surface area contributed by atoms with Crippen LogP contribution >= 0.6 is 12.2 Å². The Morgan fingerprint density at radius 2 is 1.83 bits per heavy atom. The smallest absolute Gasteiger partial charge is 0.220 e. The lowest BCUT2D eigenvalue weighted by Gasteiger charge is -2.02. The number of thiocarbonyl (C=S) groups is 1. The van der Waals surface area contributed by atoms with E-state index in [0.717, 1.165) is 16.6 Å². The van der Waals surface area contributed by atoms with E-state index in [1.807, 2.05) is 61.5 Å². The highest BCUT2D eigenvalue weighted by molar-refractivity contribution is 7.80. The molecule has 6 heteroatoms. The summed E-state index contributed by atoms with van der Waals surface area (Å²) in [5, 5.41) is 22.6. The van der Waals surface area contributed by atoms with E-state index < -0.39 is 0 Å². The van der Waals surface area contributed by atoms with Gasteiger partial charge in [0.05, 0.1) is 5.52 Å². The summed E-state index contributed by atoms with van der Waals surface area (Å²) in [7, 11) is 0.